The highest BCUT2D eigenvalue weighted by Gasteiger charge is 2.09. The van der Waals surface area contributed by atoms with Crippen LogP contribution in [0.4, 0.5) is 0 Å². The van der Waals surface area contributed by atoms with Crippen LogP contribution in [0.5, 0.6) is 0 Å². The van der Waals surface area contributed by atoms with Crippen LogP contribution < -0.4 is 5.32 Å². The van der Waals surface area contributed by atoms with Gasteiger partial charge in [-0.1, -0.05) is 23.8 Å². The van der Waals surface area contributed by atoms with Gasteiger partial charge in [-0.15, -0.1) is 0 Å². The number of benzene rings is 1. The molecule has 0 aliphatic heterocycles. The Bertz CT molecular complexity index is 549. The molecule has 1 aromatic carbocycles. The summed E-state index contributed by atoms with van der Waals surface area (Å²) in [5.74, 6) is -0.00295. The van der Waals surface area contributed by atoms with E-state index in [-0.39, 0.29) is 24.5 Å². The summed E-state index contributed by atoms with van der Waals surface area (Å²) < 4.78 is 1.10. The number of halogens is 1. The van der Waals surface area contributed by atoms with Gasteiger partial charge in [-0.2, -0.15) is 0 Å². The molecule has 1 aliphatic carbocycles. The van der Waals surface area contributed by atoms with E-state index < -0.39 is 0 Å². The van der Waals surface area contributed by atoms with Gasteiger partial charge in [0, 0.05) is 28.5 Å². The fourth-order valence-electron chi connectivity index (χ4n) is 2.59. The SMILES string of the molecule is O=C(CCC(=O)c1ccc(I)cc1)NCCC1=CCCCC1. The molecule has 0 bridgehead atoms. The first-order valence-electron chi connectivity index (χ1n) is 7.88. The Morgan fingerprint density at radius 1 is 1.09 bits per heavy atom. The fraction of sp³-hybridized carbons (Fsp3) is 0.444. The molecular formula is C18H22INO2. The van der Waals surface area contributed by atoms with E-state index in [9.17, 15) is 9.59 Å². The number of amides is 1. The molecule has 4 heteroatoms. The summed E-state index contributed by atoms with van der Waals surface area (Å²) in [6.07, 6.45) is 8.68. The second kappa shape index (κ2) is 9.08. The minimum atomic E-state index is -0.0322. The highest BCUT2D eigenvalue weighted by atomic mass is 127. The summed E-state index contributed by atoms with van der Waals surface area (Å²) in [6.45, 7) is 0.683. The number of Topliss-reactive ketones (excluding diaryl/α,β-unsaturated/α-hetero) is 1. The predicted molar refractivity (Wildman–Crippen MR) is 96.9 cm³/mol. The molecular weight excluding hydrogens is 389 g/mol. The highest BCUT2D eigenvalue weighted by molar-refractivity contribution is 14.1. The second-order valence-corrected chi connectivity index (χ2v) is 6.88. The number of carbonyl (C=O) groups is 2. The molecule has 0 aromatic heterocycles. The van der Waals surface area contributed by atoms with Gasteiger partial charge in [0.1, 0.15) is 0 Å². The number of rotatable bonds is 7. The summed E-state index contributed by atoms with van der Waals surface area (Å²) in [5.41, 5.74) is 2.14. The zero-order valence-corrected chi connectivity index (χ0v) is 14.9. The van der Waals surface area contributed by atoms with E-state index in [0.29, 0.717) is 12.1 Å². The average Bonchev–Trinajstić information content (AvgIpc) is 2.54. The number of carbonyl (C=O) groups excluding carboxylic acids is 2. The van der Waals surface area contributed by atoms with Crippen molar-refractivity contribution in [3.8, 4) is 0 Å². The monoisotopic (exact) mass is 411 g/mol. The lowest BCUT2D eigenvalue weighted by Crippen LogP contribution is -2.25. The Morgan fingerprint density at radius 2 is 1.86 bits per heavy atom. The first-order chi connectivity index (χ1) is 10.6. The number of nitrogens with one attached hydrogen (secondary N) is 1. The number of hydrogen-bond acceptors (Lipinski definition) is 2. The van der Waals surface area contributed by atoms with Gasteiger partial charge in [-0.05, 0) is 66.8 Å². The van der Waals surface area contributed by atoms with Gasteiger partial charge in [0.05, 0.1) is 0 Å². The first kappa shape index (κ1) is 17.2. The van der Waals surface area contributed by atoms with Gasteiger partial charge in [-0.3, -0.25) is 9.59 Å². The predicted octanol–water partition coefficient (Wildman–Crippen LogP) is 4.26. The molecule has 1 N–H and O–H groups in total. The van der Waals surface area contributed by atoms with Crippen molar-refractivity contribution in [1.82, 2.24) is 5.32 Å². The van der Waals surface area contributed by atoms with Crippen molar-refractivity contribution < 1.29 is 9.59 Å². The van der Waals surface area contributed by atoms with Gasteiger partial charge in [0.25, 0.3) is 0 Å². The molecule has 2 rings (SSSR count). The number of allylic oxidation sites excluding steroid dienone is 1. The molecule has 0 atom stereocenters. The minimum absolute atomic E-state index is 0.0292. The topological polar surface area (TPSA) is 46.2 Å². The quantitative estimate of drug-likeness (QED) is 0.414. The third-order valence-corrected chi connectivity index (χ3v) is 4.62. The Balaban J connectivity index is 1.65. The van der Waals surface area contributed by atoms with Crippen molar-refractivity contribution in [3.05, 3.63) is 45.0 Å². The van der Waals surface area contributed by atoms with Crippen molar-refractivity contribution >= 4 is 34.3 Å². The molecule has 1 aromatic rings. The van der Waals surface area contributed by atoms with Crippen molar-refractivity contribution in [2.45, 2.75) is 44.9 Å². The second-order valence-electron chi connectivity index (χ2n) is 5.64. The Kier molecular flexibility index (Phi) is 7.09. The summed E-state index contributed by atoms with van der Waals surface area (Å²) in [4.78, 5) is 23.8. The van der Waals surface area contributed by atoms with E-state index in [2.05, 4.69) is 34.0 Å². The molecule has 0 saturated carbocycles. The Hall–Kier alpha value is -1.17. The molecule has 0 unspecified atom stereocenters. The lowest BCUT2D eigenvalue weighted by Gasteiger charge is -2.12. The van der Waals surface area contributed by atoms with Gasteiger partial charge < -0.3 is 5.32 Å². The summed E-state index contributed by atoms with van der Waals surface area (Å²) >= 11 is 2.21. The fourth-order valence-corrected chi connectivity index (χ4v) is 2.95. The lowest BCUT2D eigenvalue weighted by molar-refractivity contribution is -0.121. The third-order valence-electron chi connectivity index (χ3n) is 3.90. The molecule has 0 radical (unpaired) electrons. The van der Waals surface area contributed by atoms with Crippen LogP contribution in [0.15, 0.2) is 35.9 Å². The zero-order valence-electron chi connectivity index (χ0n) is 12.7. The molecule has 0 saturated heterocycles. The van der Waals surface area contributed by atoms with Crippen LogP contribution in [0.1, 0.15) is 55.3 Å². The normalized spacial score (nSPS) is 14.3. The van der Waals surface area contributed by atoms with Crippen molar-refractivity contribution in [2.24, 2.45) is 0 Å². The molecule has 0 spiro atoms. The van der Waals surface area contributed by atoms with Gasteiger partial charge in [-0.25, -0.2) is 0 Å². The molecule has 0 fully saturated rings. The van der Waals surface area contributed by atoms with E-state index in [4.69, 9.17) is 0 Å². The summed E-state index contributed by atoms with van der Waals surface area (Å²) in [5, 5.41) is 2.91. The maximum Gasteiger partial charge on any atom is 0.220 e. The minimum Gasteiger partial charge on any atom is -0.356 e. The number of ketones is 1. The Labute approximate surface area is 145 Å². The molecule has 22 heavy (non-hydrogen) atoms. The van der Waals surface area contributed by atoms with E-state index in [1.807, 2.05) is 24.3 Å². The van der Waals surface area contributed by atoms with E-state index in [1.165, 1.54) is 31.3 Å². The smallest absolute Gasteiger partial charge is 0.220 e. The van der Waals surface area contributed by atoms with E-state index in [0.717, 1.165) is 9.99 Å². The number of hydrogen-bond donors (Lipinski definition) is 1. The van der Waals surface area contributed by atoms with Crippen molar-refractivity contribution in [3.63, 3.8) is 0 Å². The summed E-state index contributed by atoms with van der Waals surface area (Å²) in [7, 11) is 0. The molecule has 118 valence electrons. The first-order valence-corrected chi connectivity index (χ1v) is 8.96. The van der Waals surface area contributed by atoms with Crippen molar-refractivity contribution in [1.29, 1.82) is 0 Å². The summed E-state index contributed by atoms with van der Waals surface area (Å²) in [6, 6.07) is 7.45. The lowest BCUT2D eigenvalue weighted by atomic mass is 9.97. The molecule has 1 amide bonds. The van der Waals surface area contributed by atoms with Crippen LogP contribution in [0.2, 0.25) is 0 Å². The molecule has 1 aliphatic rings. The standard InChI is InChI=1S/C18H22INO2/c19-16-8-6-15(7-9-16)17(21)10-11-18(22)20-13-12-14-4-2-1-3-5-14/h4,6-9H,1-3,5,10-13H2,(H,20,22). The van der Waals surface area contributed by atoms with Crippen LogP contribution in [0, 0.1) is 3.57 Å². The maximum absolute atomic E-state index is 12.0. The van der Waals surface area contributed by atoms with Crippen LogP contribution in [0.25, 0.3) is 0 Å². The third kappa shape index (κ3) is 5.91. The van der Waals surface area contributed by atoms with E-state index >= 15 is 0 Å². The molecule has 0 heterocycles. The Morgan fingerprint density at radius 3 is 2.55 bits per heavy atom. The van der Waals surface area contributed by atoms with Crippen LogP contribution in [-0.4, -0.2) is 18.2 Å². The van der Waals surface area contributed by atoms with Crippen molar-refractivity contribution in [2.75, 3.05) is 6.54 Å². The van der Waals surface area contributed by atoms with Gasteiger partial charge in [0.2, 0.25) is 5.91 Å². The van der Waals surface area contributed by atoms with Gasteiger partial charge in [0.15, 0.2) is 5.78 Å². The molecule has 3 nitrogen and oxygen atoms in total. The van der Waals surface area contributed by atoms with E-state index in [1.54, 1.807) is 0 Å². The van der Waals surface area contributed by atoms with Crippen LogP contribution in [-0.2, 0) is 4.79 Å². The largest absolute Gasteiger partial charge is 0.356 e. The average molecular weight is 411 g/mol. The highest BCUT2D eigenvalue weighted by Crippen LogP contribution is 2.19. The zero-order chi connectivity index (χ0) is 15.8. The van der Waals surface area contributed by atoms with Crippen LogP contribution in [0.3, 0.4) is 0 Å². The van der Waals surface area contributed by atoms with Crippen LogP contribution >= 0.6 is 22.6 Å². The van der Waals surface area contributed by atoms with Gasteiger partial charge >= 0.3 is 0 Å². The maximum atomic E-state index is 12.0.